The van der Waals surface area contributed by atoms with Crippen molar-refractivity contribution in [2.24, 2.45) is 0 Å². The van der Waals surface area contributed by atoms with Gasteiger partial charge in [-0.05, 0) is 17.7 Å². The molecule has 1 N–H and O–H groups in total. The van der Waals surface area contributed by atoms with Crippen molar-refractivity contribution in [1.29, 1.82) is 0 Å². The highest BCUT2D eigenvalue weighted by molar-refractivity contribution is 5.73. The first-order valence-electron chi connectivity index (χ1n) is 4.66. The molecule has 3 heteroatoms. The zero-order valence-electron chi connectivity index (χ0n) is 8.90. The van der Waals surface area contributed by atoms with Crippen molar-refractivity contribution in [2.45, 2.75) is 20.5 Å². The van der Waals surface area contributed by atoms with Crippen LogP contribution in [0.4, 0.5) is 5.69 Å². The maximum absolute atomic E-state index is 10.3. The van der Waals surface area contributed by atoms with E-state index in [1.54, 1.807) is 31.3 Å². The number of hydrogen-bond acceptors (Lipinski definition) is 2. The summed E-state index contributed by atoms with van der Waals surface area (Å²) in [7, 11) is 1.68. The van der Waals surface area contributed by atoms with Gasteiger partial charge in [0.25, 0.3) is 0 Å². The van der Waals surface area contributed by atoms with Crippen LogP contribution >= 0.6 is 0 Å². The van der Waals surface area contributed by atoms with E-state index >= 15 is 0 Å². The van der Waals surface area contributed by atoms with Crippen LogP contribution in [0, 0.1) is 0 Å². The van der Waals surface area contributed by atoms with Crippen molar-refractivity contribution in [3.05, 3.63) is 29.8 Å². The van der Waals surface area contributed by atoms with Crippen LogP contribution < -0.4 is 4.90 Å². The van der Waals surface area contributed by atoms with Gasteiger partial charge in [0.05, 0.1) is 6.61 Å². The van der Waals surface area contributed by atoms with E-state index in [1.807, 2.05) is 13.8 Å². The highest BCUT2D eigenvalue weighted by Gasteiger charge is 1.97. The van der Waals surface area contributed by atoms with E-state index in [4.69, 9.17) is 5.11 Å². The summed E-state index contributed by atoms with van der Waals surface area (Å²) in [6.07, 6.45) is 0.744. The van der Waals surface area contributed by atoms with Gasteiger partial charge in [0.15, 0.2) is 0 Å². The number of amides is 1. The lowest BCUT2D eigenvalue weighted by Crippen LogP contribution is -2.13. The second-order valence-electron chi connectivity index (χ2n) is 2.54. The van der Waals surface area contributed by atoms with E-state index < -0.39 is 0 Å². The Kier molecular flexibility index (Phi) is 6.41. The van der Waals surface area contributed by atoms with Gasteiger partial charge in [0, 0.05) is 12.7 Å². The minimum atomic E-state index is 0.0328. The molecule has 78 valence electrons. The fourth-order valence-electron chi connectivity index (χ4n) is 0.897. The molecular formula is C11H17NO2. The normalized spacial score (nSPS) is 8.57. The van der Waals surface area contributed by atoms with Gasteiger partial charge in [-0.25, -0.2) is 0 Å². The monoisotopic (exact) mass is 195 g/mol. The number of anilines is 1. The number of hydrogen-bond donors (Lipinski definition) is 1. The number of rotatable bonds is 3. The zero-order chi connectivity index (χ0) is 11.0. The number of benzene rings is 1. The predicted molar refractivity (Wildman–Crippen MR) is 58.2 cm³/mol. The summed E-state index contributed by atoms with van der Waals surface area (Å²) in [6, 6.07) is 7.16. The Bertz CT molecular complexity index is 256. The summed E-state index contributed by atoms with van der Waals surface area (Å²) in [6.45, 7) is 4.03. The van der Waals surface area contributed by atoms with E-state index in [-0.39, 0.29) is 6.61 Å². The molecule has 0 aliphatic rings. The minimum Gasteiger partial charge on any atom is -0.392 e. The zero-order valence-corrected chi connectivity index (χ0v) is 8.90. The Morgan fingerprint density at radius 1 is 1.29 bits per heavy atom. The molecule has 1 rings (SSSR count). The minimum absolute atomic E-state index is 0.0328. The Morgan fingerprint density at radius 2 is 1.79 bits per heavy atom. The first kappa shape index (κ1) is 12.7. The van der Waals surface area contributed by atoms with Gasteiger partial charge in [0.2, 0.25) is 6.41 Å². The Balaban J connectivity index is 0.000000791. The van der Waals surface area contributed by atoms with Crippen LogP contribution in [-0.4, -0.2) is 18.6 Å². The van der Waals surface area contributed by atoms with Gasteiger partial charge >= 0.3 is 0 Å². The van der Waals surface area contributed by atoms with Crippen LogP contribution in [0.15, 0.2) is 24.3 Å². The fraction of sp³-hybridized carbons (Fsp3) is 0.364. The number of nitrogens with zero attached hydrogens (tertiary/aromatic N) is 1. The van der Waals surface area contributed by atoms with Crippen molar-refractivity contribution >= 4 is 12.1 Å². The van der Waals surface area contributed by atoms with E-state index in [2.05, 4.69) is 0 Å². The Labute approximate surface area is 85.0 Å². The second-order valence-corrected chi connectivity index (χ2v) is 2.54. The standard InChI is InChI=1S/C9H11NO2.C2H6/c1-10(7-12)9-4-2-8(6-11)3-5-9;1-2/h2-5,7,11H,6H2,1H3;1-2H3. The maximum atomic E-state index is 10.3. The lowest BCUT2D eigenvalue weighted by Gasteiger charge is -2.10. The third-order valence-electron chi connectivity index (χ3n) is 1.68. The van der Waals surface area contributed by atoms with Gasteiger partial charge in [-0.2, -0.15) is 0 Å². The number of aliphatic hydroxyl groups excluding tert-OH is 1. The highest BCUT2D eigenvalue weighted by atomic mass is 16.3. The summed E-state index contributed by atoms with van der Waals surface area (Å²) in [4.78, 5) is 11.8. The molecule has 3 nitrogen and oxygen atoms in total. The molecule has 0 spiro atoms. The molecule has 0 bridgehead atoms. The topological polar surface area (TPSA) is 40.5 Å². The molecule has 0 atom stereocenters. The van der Waals surface area contributed by atoms with Crippen LogP contribution in [0.3, 0.4) is 0 Å². The Morgan fingerprint density at radius 3 is 2.14 bits per heavy atom. The molecule has 0 saturated carbocycles. The smallest absolute Gasteiger partial charge is 0.213 e. The Hall–Kier alpha value is -1.35. The molecule has 0 aromatic heterocycles. The average molecular weight is 195 g/mol. The number of aliphatic hydroxyl groups is 1. The summed E-state index contributed by atoms with van der Waals surface area (Å²) in [5.74, 6) is 0. The van der Waals surface area contributed by atoms with Gasteiger partial charge in [-0.15, -0.1) is 0 Å². The van der Waals surface area contributed by atoms with Crippen molar-refractivity contribution in [1.82, 2.24) is 0 Å². The molecular weight excluding hydrogens is 178 g/mol. The van der Waals surface area contributed by atoms with E-state index in [1.165, 1.54) is 4.90 Å². The average Bonchev–Trinajstić information content (AvgIpc) is 2.31. The van der Waals surface area contributed by atoms with Crippen molar-refractivity contribution in [3.8, 4) is 0 Å². The van der Waals surface area contributed by atoms with Crippen molar-refractivity contribution < 1.29 is 9.90 Å². The first-order valence-corrected chi connectivity index (χ1v) is 4.66. The van der Waals surface area contributed by atoms with Crippen LogP contribution in [-0.2, 0) is 11.4 Å². The quantitative estimate of drug-likeness (QED) is 0.747. The molecule has 0 aliphatic carbocycles. The summed E-state index contributed by atoms with van der Waals surface area (Å²) in [5, 5.41) is 8.74. The van der Waals surface area contributed by atoms with Crippen LogP contribution in [0.5, 0.6) is 0 Å². The molecule has 0 unspecified atom stereocenters. The van der Waals surface area contributed by atoms with Gasteiger partial charge in [-0.1, -0.05) is 26.0 Å². The summed E-state index contributed by atoms with van der Waals surface area (Å²) < 4.78 is 0. The third kappa shape index (κ3) is 3.58. The SMILES string of the molecule is CC.CN(C=O)c1ccc(CO)cc1. The maximum Gasteiger partial charge on any atom is 0.213 e. The first-order chi connectivity index (χ1) is 6.77. The summed E-state index contributed by atoms with van der Waals surface area (Å²) >= 11 is 0. The molecule has 0 radical (unpaired) electrons. The number of carbonyl (C=O) groups is 1. The molecule has 0 aliphatic heterocycles. The molecule has 0 fully saturated rings. The van der Waals surface area contributed by atoms with E-state index in [0.717, 1.165) is 17.7 Å². The van der Waals surface area contributed by atoms with Gasteiger partial charge in [-0.3, -0.25) is 4.79 Å². The highest BCUT2D eigenvalue weighted by Crippen LogP contribution is 2.11. The van der Waals surface area contributed by atoms with Gasteiger partial charge < -0.3 is 10.0 Å². The molecule has 0 saturated heterocycles. The van der Waals surface area contributed by atoms with Gasteiger partial charge in [0.1, 0.15) is 0 Å². The lowest BCUT2D eigenvalue weighted by atomic mass is 10.2. The van der Waals surface area contributed by atoms with Crippen LogP contribution in [0.1, 0.15) is 19.4 Å². The molecule has 0 heterocycles. The molecule has 1 amide bonds. The summed E-state index contributed by atoms with van der Waals surface area (Å²) in [5.41, 5.74) is 1.67. The van der Waals surface area contributed by atoms with E-state index in [9.17, 15) is 4.79 Å². The van der Waals surface area contributed by atoms with E-state index in [0.29, 0.717) is 0 Å². The van der Waals surface area contributed by atoms with Crippen molar-refractivity contribution in [3.63, 3.8) is 0 Å². The molecule has 1 aromatic carbocycles. The van der Waals surface area contributed by atoms with Crippen LogP contribution in [0.25, 0.3) is 0 Å². The predicted octanol–water partition coefficient (Wildman–Crippen LogP) is 1.80. The molecule has 1 aromatic rings. The number of carbonyl (C=O) groups excluding carboxylic acids is 1. The largest absolute Gasteiger partial charge is 0.392 e. The third-order valence-corrected chi connectivity index (χ3v) is 1.68. The fourth-order valence-corrected chi connectivity index (χ4v) is 0.897. The van der Waals surface area contributed by atoms with Crippen molar-refractivity contribution in [2.75, 3.05) is 11.9 Å². The molecule has 14 heavy (non-hydrogen) atoms. The lowest BCUT2D eigenvalue weighted by molar-refractivity contribution is -0.107. The second kappa shape index (κ2) is 7.09. The van der Waals surface area contributed by atoms with Crippen LogP contribution in [0.2, 0.25) is 0 Å².